The Hall–Kier alpha value is -1.77. The molecule has 0 aliphatic heterocycles. The molecule has 35 heavy (non-hydrogen) atoms. The van der Waals surface area contributed by atoms with Crippen LogP contribution in [0.1, 0.15) is 95.5 Å². The van der Waals surface area contributed by atoms with Gasteiger partial charge in [0.25, 0.3) is 0 Å². The summed E-state index contributed by atoms with van der Waals surface area (Å²) in [5.74, 6) is -4.47. The van der Waals surface area contributed by atoms with Gasteiger partial charge in [-0.15, -0.1) is 0 Å². The van der Waals surface area contributed by atoms with Gasteiger partial charge >= 0.3 is 18.2 Å². The summed E-state index contributed by atoms with van der Waals surface area (Å²) in [6.07, 6.45) is 1.75. The largest absolute Gasteiger partial charge is 0.422 e. The predicted octanol–water partition coefficient (Wildman–Crippen LogP) is 9.40. The lowest BCUT2D eigenvalue weighted by Crippen LogP contribution is -2.39. The second-order valence-electron chi connectivity index (χ2n) is 9.82. The summed E-state index contributed by atoms with van der Waals surface area (Å²) in [5, 5.41) is 0. The molecular formula is C26H33F7O2. The Morgan fingerprint density at radius 1 is 0.886 bits per heavy atom. The zero-order valence-electron chi connectivity index (χ0n) is 19.9. The van der Waals surface area contributed by atoms with Crippen molar-refractivity contribution in [3.63, 3.8) is 0 Å². The van der Waals surface area contributed by atoms with Crippen LogP contribution in [0.5, 0.6) is 5.75 Å². The summed E-state index contributed by atoms with van der Waals surface area (Å²) in [7, 11) is 0. The van der Waals surface area contributed by atoms with Gasteiger partial charge in [0.15, 0.2) is 11.6 Å². The lowest BCUT2D eigenvalue weighted by Gasteiger charge is -2.37. The molecule has 0 saturated heterocycles. The van der Waals surface area contributed by atoms with Crippen molar-refractivity contribution in [2.24, 2.45) is 11.8 Å². The maximum atomic E-state index is 14.8. The van der Waals surface area contributed by atoms with Gasteiger partial charge in [-0.25, -0.2) is 8.78 Å². The van der Waals surface area contributed by atoms with Gasteiger partial charge < -0.3 is 9.47 Å². The van der Waals surface area contributed by atoms with E-state index in [1.807, 2.05) is 0 Å². The standard InChI is InChI=1S/C26H33F7O2/c1-2-3-4-5-16-6-10-19(11-7-16)26(32,33)35-20-12-8-17(9-13-20)18-14-21(27)23(22(28)15-18)34-25(31)24(29)30/h14-17,19-20H,2-13H2,1H3. The zero-order valence-corrected chi connectivity index (χ0v) is 19.9. The highest BCUT2D eigenvalue weighted by Gasteiger charge is 2.44. The van der Waals surface area contributed by atoms with E-state index in [9.17, 15) is 30.7 Å². The highest BCUT2D eigenvalue weighted by molar-refractivity contribution is 5.34. The fourth-order valence-corrected chi connectivity index (χ4v) is 5.34. The molecule has 0 N–H and O–H groups in total. The van der Waals surface area contributed by atoms with Crippen molar-refractivity contribution < 1.29 is 40.2 Å². The van der Waals surface area contributed by atoms with Crippen molar-refractivity contribution in [2.75, 3.05) is 0 Å². The Kier molecular flexibility index (Phi) is 9.90. The fourth-order valence-electron chi connectivity index (χ4n) is 5.34. The maximum absolute atomic E-state index is 14.8. The third kappa shape index (κ3) is 7.61. The predicted molar refractivity (Wildman–Crippen MR) is 118 cm³/mol. The van der Waals surface area contributed by atoms with Crippen molar-refractivity contribution in [1.29, 1.82) is 0 Å². The number of alkyl halides is 2. The molecule has 9 heteroatoms. The Labute approximate surface area is 201 Å². The van der Waals surface area contributed by atoms with Crippen LogP contribution in [-0.4, -0.2) is 12.2 Å². The van der Waals surface area contributed by atoms with Crippen LogP contribution in [0.3, 0.4) is 0 Å². The Morgan fingerprint density at radius 3 is 2.03 bits per heavy atom. The molecule has 2 aliphatic carbocycles. The van der Waals surface area contributed by atoms with Gasteiger partial charge in [0.1, 0.15) is 0 Å². The van der Waals surface area contributed by atoms with E-state index >= 15 is 0 Å². The first kappa shape index (κ1) is 27.8. The summed E-state index contributed by atoms with van der Waals surface area (Å²) in [4.78, 5) is 0. The summed E-state index contributed by atoms with van der Waals surface area (Å²) in [6, 6.07) is -0.568. The van der Waals surface area contributed by atoms with Crippen molar-refractivity contribution in [3.8, 4) is 5.75 Å². The number of rotatable bonds is 10. The van der Waals surface area contributed by atoms with Crippen molar-refractivity contribution >= 4 is 0 Å². The van der Waals surface area contributed by atoms with E-state index in [0.29, 0.717) is 44.4 Å². The first-order valence-corrected chi connectivity index (χ1v) is 12.5. The minimum Gasteiger partial charge on any atom is -0.422 e. The van der Waals surface area contributed by atoms with Crippen molar-refractivity contribution in [2.45, 2.75) is 102 Å². The summed E-state index contributed by atoms with van der Waals surface area (Å²) in [5.41, 5.74) is 0.240. The highest BCUT2D eigenvalue weighted by atomic mass is 19.3. The molecule has 1 aromatic carbocycles. The monoisotopic (exact) mass is 510 g/mol. The van der Waals surface area contributed by atoms with Gasteiger partial charge in [0.05, 0.1) is 12.0 Å². The Bertz CT molecular complexity index is 830. The number of benzene rings is 1. The van der Waals surface area contributed by atoms with Crippen molar-refractivity contribution in [1.82, 2.24) is 0 Å². The van der Waals surface area contributed by atoms with E-state index in [2.05, 4.69) is 11.7 Å². The van der Waals surface area contributed by atoms with Crippen LogP contribution in [0.15, 0.2) is 24.2 Å². The number of halogens is 7. The number of unbranched alkanes of at least 4 members (excludes halogenated alkanes) is 2. The van der Waals surface area contributed by atoms with Gasteiger partial charge in [0, 0.05) is 0 Å². The second kappa shape index (κ2) is 12.5. The first-order chi connectivity index (χ1) is 16.6. The van der Waals surface area contributed by atoms with Crippen LogP contribution in [0.25, 0.3) is 0 Å². The number of hydrogen-bond donors (Lipinski definition) is 0. The average Bonchev–Trinajstić information content (AvgIpc) is 2.82. The molecule has 3 rings (SSSR count). The number of hydrogen-bond acceptors (Lipinski definition) is 2. The molecule has 198 valence electrons. The highest BCUT2D eigenvalue weighted by Crippen LogP contribution is 2.44. The molecule has 0 atom stereocenters. The normalized spacial score (nSPS) is 25.4. The van der Waals surface area contributed by atoms with E-state index in [0.717, 1.165) is 44.2 Å². The minimum atomic E-state index is -3.20. The SMILES string of the molecule is CCCCCC1CCC(C(F)(F)OC2CCC(c3cc(F)c(OC(F)=C(F)F)c(F)c3)CC2)CC1. The van der Waals surface area contributed by atoms with Gasteiger partial charge in [-0.3, -0.25) is 0 Å². The molecule has 2 fully saturated rings. The molecule has 0 radical (unpaired) electrons. The molecule has 0 aromatic heterocycles. The molecular weight excluding hydrogens is 477 g/mol. The van der Waals surface area contributed by atoms with E-state index in [1.54, 1.807) is 0 Å². The van der Waals surface area contributed by atoms with E-state index < -0.39 is 47.6 Å². The summed E-state index contributed by atoms with van der Waals surface area (Å²) < 4.78 is 104. The molecule has 0 amide bonds. The van der Waals surface area contributed by atoms with Gasteiger partial charge in [-0.05, 0) is 80.9 Å². The van der Waals surface area contributed by atoms with E-state index in [4.69, 9.17) is 4.74 Å². The molecule has 0 bridgehead atoms. The fraction of sp³-hybridized carbons (Fsp3) is 0.692. The third-order valence-electron chi connectivity index (χ3n) is 7.37. The summed E-state index contributed by atoms with van der Waals surface area (Å²) >= 11 is 0. The van der Waals surface area contributed by atoms with Crippen LogP contribution < -0.4 is 4.74 Å². The quantitative estimate of drug-likeness (QED) is 0.177. The van der Waals surface area contributed by atoms with Crippen LogP contribution in [0.4, 0.5) is 30.7 Å². The molecule has 0 heterocycles. The molecule has 0 unspecified atom stereocenters. The number of ether oxygens (including phenoxy) is 2. The topological polar surface area (TPSA) is 18.5 Å². The molecule has 2 saturated carbocycles. The van der Waals surface area contributed by atoms with E-state index in [-0.39, 0.29) is 11.5 Å². The average molecular weight is 511 g/mol. The smallest absolute Gasteiger partial charge is 0.358 e. The summed E-state index contributed by atoms with van der Waals surface area (Å²) in [6.45, 7) is 2.14. The molecule has 0 spiro atoms. The van der Waals surface area contributed by atoms with Gasteiger partial charge in [-0.2, -0.15) is 22.0 Å². The lowest BCUT2D eigenvalue weighted by molar-refractivity contribution is -0.301. The maximum Gasteiger partial charge on any atom is 0.358 e. The Balaban J connectivity index is 1.50. The van der Waals surface area contributed by atoms with E-state index in [1.165, 1.54) is 6.42 Å². The first-order valence-electron chi connectivity index (χ1n) is 12.5. The van der Waals surface area contributed by atoms with Crippen LogP contribution >= 0.6 is 0 Å². The minimum absolute atomic E-state index is 0.240. The molecule has 2 nitrogen and oxygen atoms in total. The Morgan fingerprint density at radius 2 is 1.49 bits per heavy atom. The molecule has 2 aliphatic rings. The lowest BCUT2D eigenvalue weighted by atomic mass is 9.79. The second-order valence-corrected chi connectivity index (χ2v) is 9.82. The van der Waals surface area contributed by atoms with Crippen LogP contribution in [0, 0.1) is 23.5 Å². The van der Waals surface area contributed by atoms with Crippen molar-refractivity contribution in [3.05, 3.63) is 41.4 Å². The molecule has 1 aromatic rings. The van der Waals surface area contributed by atoms with Gasteiger partial charge in [-0.1, -0.05) is 32.6 Å². The third-order valence-corrected chi connectivity index (χ3v) is 7.37. The van der Waals surface area contributed by atoms with Crippen LogP contribution in [-0.2, 0) is 4.74 Å². The van der Waals surface area contributed by atoms with Gasteiger partial charge in [0.2, 0.25) is 5.75 Å². The van der Waals surface area contributed by atoms with Crippen LogP contribution in [0.2, 0.25) is 0 Å². The zero-order chi connectivity index (χ0) is 25.6.